The number of rotatable bonds is 7. The summed E-state index contributed by atoms with van der Waals surface area (Å²) < 4.78 is 5.51. The van der Waals surface area contributed by atoms with E-state index in [2.05, 4.69) is 43.3 Å². The Morgan fingerprint density at radius 1 is 1.29 bits per heavy atom. The van der Waals surface area contributed by atoms with Crippen LogP contribution in [-0.4, -0.2) is 63.7 Å². The summed E-state index contributed by atoms with van der Waals surface area (Å²) in [6.45, 7) is 10.1. The number of amides is 1. The molecule has 0 aliphatic rings. The predicted octanol–water partition coefficient (Wildman–Crippen LogP) is 1.08. The van der Waals surface area contributed by atoms with E-state index in [1.54, 1.807) is 21.2 Å². The van der Waals surface area contributed by atoms with E-state index >= 15 is 0 Å². The van der Waals surface area contributed by atoms with Crippen LogP contribution in [0.15, 0.2) is 4.99 Å². The number of carbonyl (C=O) groups is 1. The topological polar surface area (TPSA) is 66.0 Å². The number of likely N-dealkylation sites (N-methyl/N-ethyl adjacent to an activating group) is 1. The van der Waals surface area contributed by atoms with Gasteiger partial charge in [-0.3, -0.25) is 4.79 Å². The molecule has 2 N–H and O–H groups in total. The monoisotopic (exact) mass is 300 g/mol. The minimum absolute atomic E-state index is 0.0216. The molecule has 0 heterocycles. The maximum absolute atomic E-state index is 11.6. The summed E-state index contributed by atoms with van der Waals surface area (Å²) in [6.07, 6.45) is 1.06. The standard InChI is InChI=1S/C15H32N4O2/c1-8-9-16-14(18-11-13(20)19(5)6)17-10-12(21-7)15(2,3)4/h12H,8-11H2,1-7H3,(H2,16,17,18). The number of hydrogen-bond donors (Lipinski definition) is 2. The highest BCUT2D eigenvalue weighted by Gasteiger charge is 2.24. The van der Waals surface area contributed by atoms with Gasteiger partial charge in [-0.1, -0.05) is 27.7 Å². The maximum Gasteiger partial charge on any atom is 0.243 e. The molecule has 1 unspecified atom stereocenters. The van der Waals surface area contributed by atoms with Crippen molar-refractivity contribution < 1.29 is 9.53 Å². The van der Waals surface area contributed by atoms with E-state index in [-0.39, 0.29) is 24.0 Å². The van der Waals surface area contributed by atoms with Gasteiger partial charge in [0.2, 0.25) is 5.91 Å². The number of carbonyl (C=O) groups excluding carboxylic acids is 1. The first-order chi connectivity index (χ1) is 9.72. The first kappa shape index (κ1) is 19.7. The molecule has 6 nitrogen and oxygen atoms in total. The number of aliphatic imine (C=N–C) groups is 1. The second-order valence-electron chi connectivity index (χ2n) is 6.35. The largest absolute Gasteiger partial charge is 0.379 e. The summed E-state index contributed by atoms with van der Waals surface area (Å²) in [6, 6.07) is 0. The second kappa shape index (κ2) is 9.60. The van der Waals surface area contributed by atoms with Crippen LogP contribution in [0, 0.1) is 5.41 Å². The van der Waals surface area contributed by atoms with Gasteiger partial charge in [0, 0.05) is 34.3 Å². The quantitative estimate of drug-likeness (QED) is 0.545. The number of ether oxygens (including phenoxy) is 1. The molecular weight excluding hydrogens is 268 g/mol. The maximum atomic E-state index is 11.6. The lowest BCUT2D eigenvalue weighted by Crippen LogP contribution is -2.45. The molecule has 1 atom stereocenters. The molecular formula is C15H32N4O2. The summed E-state index contributed by atoms with van der Waals surface area (Å²) in [5, 5.41) is 6.46. The van der Waals surface area contributed by atoms with Gasteiger partial charge in [0.25, 0.3) is 0 Å². The highest BCUT2D eigenvalue weighted by molar-refractivity contribution is 5.84. The molecule has 0 aromatic carbocycles. The van der Waals surface area contributed by atoms with Gasteiger partial charge in [0.05, 0.1) is 6.10 Å². The van der Waals surface area contributed by atoms with Gasteiger partial charge < -0.3 is 20.3 Å². The summed E-state index contributed by atoms with van der Waals surface area (Å²) in [4.78, 5) is 17.5. The van der Waals surface area contributed by atoms with E-state index < -0.39 is 0 Å². The number of guanidine groups is 1. The Morgan fingerprint density at radius 3 is 2.33 bits per heavy atom. The molecule has 0 spiro atoms. The van der Waals surface area contributed by atoms with Crippen molar-refractivity contribution >= 4 is 11.9 Å². The van der Waals surface area contributed by atoms with Crippen LogP contribution >= 0.6 is 0 Å². The first-order valence-electron chi connectivity index (χ1n) is 7.47. The fourth-order valence-corrected chi connectivity index (χ4v) is 1.64. The number of methoxy groups -OCH3 is 1. The van der Waals surface area contributed by atoms with Crippen molar-refractivity contribution in [1.82, 2.24) is 15.5 Å². The third-order valence-electron chi connectivity index (χ3n) is 3.12. The fourth-order valence-electron chi connectivity index (χ4n) is 1.64. The minimum atomic E-state index is -0.0216. The molecule has 1 amide bonds. The smallest absolute Gasteiger partial charge is 0.243 e. The number of nitrogens with one attached hydrogen (secondary N) is 2. The normalized spacial score (nSPS) is 13.8. The van der Waals surface area contributed by atoms with E-state index in [0.29, 0.717) is 12.5 Å². The van der Waals surface area contributed by atoms with E-state index in [4.69, 9.17) is 4.74 Å². The molecule has 0 aromatic heterocycles. The Kier molecular flexibility index (Phi) is 9.01. The van der Waals surface area contributed by atoms with Gasteiger partial charge >= 0.3 is 0 Å². The zero-order valence-electron chi connectivity index (χ0n) is 14.6. The van der Waals surface area contributed by atoms with E-state index in [1.807, 2.05) is 0 Å². The average molecular weight is 300 g/mol. The fraction of sp³-hybridized carbons (Fsp3) is 0.867. The van der Waals surface area contributed by atoms with Crippen molar-refractivity contribution in [2.24, 2.45) is 10.4 Å². The van der Waals surface area contributed by atoms with Gasteiger partial charge in [0.1, 0.15) is 6.54 Å². The highest BCUT2D eigenvalue weighted by atomic mass is 16.5. The third kappa shape index (κ3) is 8.55. The summed E-state index contributed by atoms with van der Waals surface area (Å²) >= 11 is 0. The lowest BCUT2D eigenvalue weighted by atomic mass is 9.89. The molecule has 0 radical (unpaired) electrons. The SMILES string of the molecule is CCCNC(=NCC(=O)N(C)C)NCC(OC)C(C)(C)C. The van der Waals surface area contributed by atoms with Crippen LogP contribution in [0.2, 0.25) is 0 Å². The van der Waals surface area contributed by atoms with Crippen molar-refractivity contribution in [3.05, 3.63) is 0 Å². The first-order valence-corrected chi connectivity index (χ1v) is 7.47. The zero-order chi connectivity index (χ0) is 16.5. The summed E-state index contributed by atoms with van der Waals surface area (Å²) in [5.41, 5.74) is 0.0388. The van der Waals surface area contributed by atoms with Crippen molar-refractivity contribution in [3.63, 3.8) is 0 Å². The lowest BCUT2D eigenvalue weighted by Gasteiger charge is -2.30. The molecule has 0 aliphatic heterocycles. The molecule has 21 heavy (non-hydrogen) atoms. The van der Waals surface area contributed by atoms with Crippen LogP contribution in [0.4, 0.5) is 0 Å². The molecule has 0 rings (SSSR count). The van der Waals surface area contributed by atoms with Crippen molar-refractivity contribution in [2.75, 3.05) is 40.8 Å². The van der Waals surface area contributed by atoms with Crippen molar-refractivity contribution in [2.45, 2.75) is 40.2 Å². The molecule has 0 bridgehead atoms. The summed E-state index contributed by atoms with van der Waals surface area (Å²) in [7, 11) is 5.17. The Bertz CT molecular complexity index is 335. The van der Waals surface area contributed by atoms with Gasteiger partial charge in [0.15, 0.2) is 5.96 Å². The van der Waals surface area contributed by atoms with Gasteiger partial charge in [-0.15, -0.1) is 0 Å². The number of hydrogen-bond acceptors (Lipinski definition) is 3. The van der Waals surface area contributed by atoms with Gasteiger partial charge in [-0.25, -0.2) is 4.99 Å². The number of nitrogens with zero attached hydrogens (tertiary/aromatic N) is 2. The van der Waals surface area contributed by atoms with Gasteiger partial charge in [-0.05, 0) is 11.8 Å². The molecule has 0 saturated carbocycles. The molecule has 0 aromatic rings. The molecule has 0 fully saturated rings. The molecule has 0 aliphatic carbocycles. The second-order valence-corrected chi connectivity index (χ2v) is 6.35. The highest BCUT2D eigenvalue weighted by Crippen LogP contribution is 2.20. The minimum Gasteiger partial charge on any atom is -0.379 e. The van der Waals surface area contributed by atoms with E-state index in [1.165, 1.54) is 4.90 Å². The third-order valence-corrected chi connectivity index (χ3v) is 3.12. The molecule has 124 valence electrons. The van der Waals surface area contributed by atoms with Crippen LogP contribution < -0.4 is 10.6 Å². The summed E-state index contributed by atoms with van der Waals surface area (Å²) in [5.74, 6) is 0.630. The van der Waals surface area contributed by atoms with Crippen molar-refractivity contribution in [1.29, 1.82) is 0 Å². The van der Waals surface area contributed by atoms with E-state index in [9.17, 15) is 4.79 Å². The van der Waals surface area contributed by atoms with Gasteiger partial charge in [-0.2, -0.15) is 0 Å². The predicted molar refractivity (Wildman–Crippen MR) is 87.5 cm³/mol. The van der Waals surface area contributed by atoms with Crippen LogP contribution in [0.3, 0.4) is 0 Å². The van der Waals surface area contributed by atoms with Crippen LogP contribution in [0.1, 0.15) is 34.1 Å². The van der Waals surface area contributed by atoms with Crippen LogP contribution in [-0.2, 0) is 9.53 Å². The Balaban J connectivity index is 4.61. The zero-order valence-corrected chi connectivity index (χ0v) is 14.6. The van der Waals surface area contributed by atoms with Crippen molar-refractivity contribution in [3.8, 4) is 0 Å². The Morgan fingerprint density at radius 2 is 1.90 bits per heavy atom. The molecule has 0 saturated heterocycles. The van der Waals surface area contributed by atoms with E-state index in [0.717, 1.165) is 13.0 Å². The van der Waals surface area contributed by atoms with Crippen LogP contribution in [0.25, 0.3) is 0 Å². The Hall–Kier alpha value is -1.30. The Labute approximate surface area is 129 Å². The van der Waals surface area contributed by atoms with Crippen LogP contribution in [0.5, 0.6) is 0 Å². The average Bonchev–Trinajstić information content (AvgIpc) is 2.39. The molecule has 6 heteroatoms. The lowest BCUT2D eigenvalue weighted by molar-refractivity contribution is -0.127.